The van der Waals surface area contributed by atoms with Crippen molar-refractivity contribution in [3.8, 4) is 0 Å². The number of ether oxygens (including phenoxy) is 16. The molecule has 0 radical (unpaired) electrons. The van der Waals surface area contributed by atoms with E-state index in [1.54, 1.807) is 0 Å². The minimum Gasteiger partial charge on any atom is -0.374 e. The summed E-state index contributed by atoms with van der Waals surface area (Å²) in [7, 11) is 0. The van der Waals surface area contributed by atoms with Crippen LogP contribution in [0.5, 0.6) is 0 Å². The zero-order valence-corrected chi connectivity index (χ0v) is 68.9. The lowest BCUT2D eigenvalue weighted by Gasteiger charge is -2.59. The van der Waals surface area contributed by atoms with Gasteiger partial charge in [-0.15, -0.1) is 0 Å². The fraction of sp³-hybridized carbons (Fsp3) is 0.505. The zero-order chi connectivity index (χ0) is 79.7. The van der Waals surface area contributed by atoms with Crippen LogP contribution in [0.1, 0.15) is 144 Å². The maximum absolute atomic E-state index is 8.05. The van der Waals surface area contributed by atoms with Gasteiger partial charge in [0.25, 0.3) is 0 Å². The summed E-state index contributed by atoms with van der Waals surface area (Å²) in [4.78, 5) is 0. The van der Waals surface area contributed by atoms with Crippen molar-refractivity contribution in [3.05, 3.63) is 299 Å². The molecule has 117 heavy (non-hydrogen) atoms. The highest BCUT2D eigenvalue weighted by atomic mass is 16.8. The van der Waals surface area contributed by atoms with E-state index in [1.165, 1.54) is 18.4 Å². The van der Waals surface area contributed by atoms with Crippen LogP contribution in [0, 0.1) is 46.3 Å². The molecule has 5 saturated heterocycles. The first-order valence-corrected chi connectivity index (χ1v) is 43.5. The lowest BCUT2D eigenvalue weighted by Crippen LogP contribution is -2.68. The van der Waals surface area contributed by atoms with Crippen LogP contribution < -0.4 is 0 Å². The van der Waals surface area contributed by atoms with Gasteiger partial charge in [-0.05, 0) is 150 Å². The summed E-state index contributed by atoms with van der Waals surface area (Å²) in [5.74, 6) is 2.62. The predicted molar refractivity (Wildman–Crippen MR) is 445 cm³/mol. The second kappa shape index (κ2) is 37.9. The Morgan fingerprint density at radius 3 is 1.20 bits per heavy atom. The Kier molecular flexibility index (Phi) is 26.6. The molecule has 8 aromatic rings. The summed E-state index contributed by atoms with van der Waals surface area (Å²) >= 11 is 0. The van der Waals surface area contributed by atoms with Crippen molar-refractivity contribution in [2.24, 2.45) is 46.3 Å². The predicted octanol–water partition coefficient (Wildman–Crippen LogP) is 19.0. The molecule has 16 nitrogen and oxygen atoms in total. The van der Waals surface area contributed by atoms with Crippen molar-refractivity contribution in [1.82, 2.24) is 0 Å². The summed E-state index contributed by atoms with van der Waals surface area (Å²) in [6.07, 6.45) is -1.56. The second-order valence-electron chi connectivity index (χ2n) is 35.3. The molecule has 0 aromatic heterocycles. The van der Waals surface area contributed by atoms with Crippen LogP contribution in [-0.4, -0.2) is 123 Å². The molecule has 0 N–H and O–H groups in total. The molecule has 8 aromatic carbocycles. The third-order valence-corrected chi connectivity index (χ3v) is 27.7. The molecule has 5 heterocycles. The van der Waals surface area contributed by atoms with Crippen molar-refractivity contribution < 1.29 is 75.8 Å². The maximum Gasteiger partial charge on any atom is 0.187 e. The van der Waals surface area contributed by atoms with Gasteiger partial charge in [-0.3, -0.25) is 0 Å². The summed E-state index contributed by atoms with van der Waals surface area (Å²) in [6.45, 7) is 16.8. The quantitative estimate of drug-likeness (QED) is 0.0379. The number of hydrogen-bond acceptors (Lipinski definition) is 16. The number of benzene rings is 8. The van der Waals surface area contributed by atoms with Crippen molar-refractivity contribution >= 4 is 0 Å². The van der Waals surface area contributed by atoms with Crippen molar-refractivity contribution in [3.63, 3.8) is 0 Å². The Morgan fingerprint density at radius 1 is 0.376 bits per heavy atom. The van der Waals surface area contributed by atoms with Crippen LogP contribution in [0.25, 0.3) is 0 Å². The van der Waals surface area contributed by atoms with E-state index < -0.39 is 97.9 Å². The molecule has 3 saturated carbocycles. The van der Waals surface area contributed by atoms with Crippen molar-refractivity contribution in [1.29, 1.82) is 0 Å². The first-order chi connectivity index (χ1) is 57.3. The van der Waals surface area contributed by atoms with Crippen LogP contribution in [0.15, 0.2) is 254 Å². The highest BCUT2D eigenvalue weighted by molar-refractivity contribution is 5.28. The van der Waals surface area contributed by atoms with Crippen LogP contribution in [0.4, 0.5) is 0 Å². The summed E-state index contributed by atoms with van der Waals surface area (Å²) in [5.41, 5.74) is 9.50. The van der Waals surface area contributed by atoms with Gasteiger partial charge in [0, 0.05) is 12.3 Å². The van der Waals surface area contributed by atoms with Gasteiger partial charge in [-0.25, -0.2) is 0 Å². The fourth-order valence-electron chi connectivity index (χ4n) is 21.5. The minimum atomic E-state index is -1.15. The van der Waals surface area contributed by atoms with Crippen LogP contribution in [0.3, 0.4) is 0 Å². The van der Waals surface area contributed by atoms with Gasteiger partial charge in [0.05, 0.1) is 90.5 Å². The monoisotopic (exact) mass is 1590 g/mol. The highest BCUT2D eigenvalue weighted by Crippen LogP contribution is 2.71. The molecule has 17 rings (SSSR count). The van der Waals surface area contributed by atoms with Gasteiger partial charge in [0.1, 0.15) is 61.0 Å². The first kappa shape index (κ1) is 82.2. The molecular formula is C101H120O16. The van der Waals surface area contributed by atoms with Crippen LogP contribution >= 0.6 is 0 Å². The minimum absolute atomic E-state index is 0.0245. The van der Waals surface area contributed by atoms with Gasteiger partial charge >= 0.3 is 0 Å². The lowest BCUT2D eigenvalue weighted by atomic mass is 9.47. The molecule has 1 spiro atoms. The van der Waals surface area contributed by atoms with E-state index >= 15 is 0 Å². The molecule has 9 aliphatic rings. The Morgan fingerprint density at radius 2 is 0.769 bits per heavy atom. The molecule has 26 atom stereocenters. The Balaban J connectivity index is 0.756. The molecular weight excluding hydrogens is 1470 g/mol. The fourth-order valence-corrected chi connectivity index (χ4v) is 21.5. The van der Waals surface area contributed by atoms with Gasteiger partial charge in [0.2, 0.25) is 0 Å². The van der Waals surface area contributed by atoms with E-state index in [2.05, 4.69) is 131 Å². The van der Waals surface area contributed by atoms with E-state index in [1.807, 2.05) is 159 Å². The molecule has 620 valence electrons. The average molecular weight is 1590 g/mol. The van der Waals surface area contributed by atoms with Crippen LogP contribution in [0.2, 0.25) is 0 Å². The van der Waals surface area contributed by atoms with Gasteiger partial charge in [0.15, 0.2) is 24.7 Å². The largest absolute Gasteiger partial charge is 0.374 e. The summed E-state index contributed by atoms with van der Waals surface area (Å²) in [6, 6.07) is 81.7. The Bertz CT molecular complexity index is 4370. The molecule has 5 aliphatic heterocycles. The van der Waals surface area contributed by atoms with Gasteiger partial charge in [-0.1, -0.05) is 282 Å². The molecule has 8 fully saturated rings. The number of hydrogen-bond donors (Lipinski definition) is 0. The Hall–Kier alpha value is -7.14. The maximum atomic E-state index is 8.05. The van der Waals surface area contributed by atoms with E-state index in [0.29, 0.717) is 48.7 Å². The van der Waals surface area contributed by atoms with E-state index in [4.69, 9.17) is 75.8 Å². The average Bonchev–Trinajstić information content (AvgIpc) is 1.53. The SMILES string of the molecule is C[C@@H]1CC[C@@]2(OC1)O[C@H]1C[C@H]3[C@@H]4CC=C5C[C@@H](O[C@@H]6O[C@H](COCc7ccccc7)[C@@H](O[C@@H]7O[C@@H](C)[C@H](OCc8ccccc8)[C@@H](OCc8ccccc8)[C@H]7OCc7ccccc7)[C@H](OCc7ccccc7)[C@H]6O[C@@H]6O[C@@H](C)[C@H](OCc7ccccc7)[C@@H](OCc7ccccc7)[C@H]6OCc6ccccc6)CC[C@]5(C)[C@H]4CC[C@]3(C)[C@H]1[C@@H]2C. The smallest absolute Gasteiger partial charge is 0.187 e. The number of allylic oxidation sites excluding steroid dienone is 1. The Labute approximate surface area is 692 Å². The highest BCUT2D eigenvalue weighted by Gasteiger charge is 2.69. The lowest BCUT2D eigenvalue weighted by molar-refractivity contribution is -0.400. The normalized spacial score (nSPS) is 35.8. The molecule has 0 amide bonds. The third kappa shape index (κ3) is 18.7. The third-order valence-electron chi connectivity index (χ3n) is 27.7. The first-order valence-electron chi connectivity index (χ1n) is 43.5. The number of fused-ring (bicyclic) bond motifs is 7. The van der Waals surface area contributed by atoms with Gasteiger partial charge < -0.3 is 75.8 Å². The van der Waals surface area contributed by atoms with Gasteiger partial charge in [-0.2, -0.15) is 0 Å². The summed E-state index contributed by atoms with van der Waals surface area (Å²) in [5, 5.41) is 0. The standard InChI is InChI=1S/C101H120O16/c1-67-49-54-101(110-57-67)68(2)86-84(117-101)56-83-81-48-47-79-55-80(50-52-99(79,5)82(81)51-53-100(83,86)6)113-98-95(116-97-94(109-65-78-45-29-14-30-46-78)91(106-62-75-39-23-11-24-40-75)88(70(4)112-97)104-60-73-35-19-9-20-36-73)92(107-63-76-41-25-12-26-42-76)89(85(114-98)66-102-58-71-31-15-7-16-32-71)115-96-93(108-64-77-43-27-13-28-44-77)90(105-61-74-37-21-10-22-38-74)87(69(3)111-96)103-59-72-33-17-8-18-34-72/h7-47,67-70,80-98H,48-66H2,1-6H3/t67-,68+,69+,70+,80+,81-,82+,83+,84+,85-,86+,87+,88+,89-,90-,91-,92+,93-,94-,95-,96+,97+,98-,99+,100+,101-/m1/s1. The van der Waals surface area contributed by atoms with E-state index in [0.717, 1.165) is 96.1 Å². The van der Waals surface area contributed by atoms with E-state index in [9.17, 15) is 0 Å². The topological polar surface area (TPSA) is 148 Å². The molecule has 4 aliphatic carbocycles. The molecule has 0 bridgehead atoms. The zero-order valence-electron chi connectivity index (χ0n) is 68.9. The second-order valence-corrected chi connectivity index (χ2v) is 35.3. The number of rotatable bonds is 31. The van der Waals surface area contributed by atoms with E-state index in [-0.39, 0.29) is 69.3 Å². The van der Waals surface area contributed by atoms with Crippen molar-refractivity contribution in [2.45, 2.75) is 262 Å². The molecule has 0 unspecified atom stereocenters. The van der Waals surface area contributed by atoms with Crippen LogP contribution in [-0.2, 0) is 129 Å². The van der Waals surface area contributed by atoms with Crippen molar-refractivity contribution in [2.75, 3.05) is 13.2 Å². The summed E-state index contributed by atoms with van der Waals surface area (Å²) < 4.78 is 119. The molecule has 16 heteroatoms.